The highest BCUT2D eigenvalue weighted by Crippen LogP contribution is 2.30. The number of nitrogens with zero attached hydrogens (tertiary/aromatic N) is 6. The van der Waals surface area contributed by atoms with Crippen molar-refractivity contribution in [3.63, 3.8) is 0 Å². The van der Waals surface area contributed by atoms with Gasteiger partial charge in [0.15, 0.2) is 5.82 Å². The molecular formula is C24H25F3N6O2. The van der Waals surface area contributed by atoms with Crippen molar-refractivity contribution in [2.75, 3.05) is 18.0 Å². The van der Waals surface area contributed by atoms with Crippen molar-refractivity contribution in [2.45, 2.75) is 45.3 Å². The summed E-state index contributed by atoms with van der Waals surface area (Å²) in [4.78, 5) is 29.1. The van der Waals surface area contributed by atoms with E-state index in [1.807, 2.05) is 6.92 Å². The van der Waals surface area contributed by atoms with E-state index in [9.17, 15) is 18.0 Å². The maximum absolute atomic E-state index is 12.6. The fourth-order valence-corrected chi connectivity index (χ4v) is 4.48. The fourth-order valence-electron chi connectivity index (χ4n) is 4.48. The molecule has 8 nitrogen and oxygen atoms in total. The number of anilines is 1. The summed E-state index contributed by atoms with van der Waals surface area (Å²) < 4.78 is 42.7. The van der Waals surface area contributed by atoms with Gasteiger partial charge in [-0.25, -0.2) is 4.79 Å². The molecule has 0 aliphatic carbocycles. The highest BCUT2D eigenvalue weighted by molar-refractivity contribution is 5.87. The molecule has 0 N–H and O–H groups in total. The lowest BCUT2D eigenvalue weighted by molar-refractivity contribution is -0.274. The molecule has 1 fully saturated rings. The van der Waals surface area contributed by atoms with Crippen LogP contribution in [0.1, 0.15) is 25.8 Å². The molecule has 4 rings (SSSR count). The second kappa shape index (κ2) is 9.54. The van der Waals surface area contributed by atoms with Gasteiger partial charge in [-0.3, -0.25) is 9.47 Å². The number of rotatable bonds is 5. The largest absolute Gasteiger partial charge is 0.573 e. The van der Waals surface area contributed by atoms with Gasteiger partial charge in [0, 0.05) is 38.8 Å². The van der Waals surface area contributed by atoms with E-state index in [2.05, 4.69) is 36.3 Å². The Balaban J connectivity index is 1.59. The first-order valence-corrected chi connectivity index (χ1v) is 11.2. The van der Waals surface area contributed by atoms with Gasteiger partial charge in [-0.1, -0.05) is 25.6 Å². The molecule has 3 aromatic rings. The molecule has 11 heteroatoms. The summed E-state index contributed by atoms with van der Waals surface area (Å²) in [5.74, 6) is 0.449. The first-order valence-electron chi connectivity index (χ1n) is 11.2. The van der Waals surface area contributed by atoms with E-state index >= 15 is 0 Å². The van der Waals surface area contributed by atoms with Crippen molar-refractivity contribution in [1.82, 2.24) is 19.4 Å². The first kappa shape index (κ1) is 24.5. The third kappa shape index (κ3) is 5.22. The second-order valence-corrected chi connectivity index (χ2v) is 8.61. The number of fused-ring (bicyclic) bond motifs is 1. The molecule has 1 saturated heterocycles. The van der Waals surface area contributed by atoms with Gasteiger partial charge in [0.1, 0.15) is 5.75 Å². The second-order valence-electron chi connectivity index (χ2n) is 8.61. The molecular weight excluding hydrogens is 461 g/mol. The molecule has 0 radical (unpaired) electrons. The Morgan fingerprint density at radius 1 is 1.14 bits per heavy atom. The Bertz CT molecular complexity index is 1320. The number of pyridine rings is 1. The van der Waals surface area contributed by atoms with Crippen molar-refractivity contribution < 1.29 is 17.9 Å². The van der Waals surface area contributed by atoms with E-state index in [1.54, 1.807) is 31.3 Å². The summed E-state index contributed by atoms with van der Waals surface area (Å²) in [6, 6.07) is 9.30. The molecule has 2 atom stereocenters. The standard InChI is InChI=1S/C24H25F3N6O2/c1-5-17-14-33(22-21-19(31(4)23(34)30-22)10-11-20(28-3)29-21)15(2)12-32(17)13-16-6-8-18(9-7-16)35-24(25,26)27/h6-11,15,17H,5,12-14H2,1-2,4H3/t15-,17+/m0/s1. The molecule has 0 saturated carbocycles. The van der Waals surface area contributed by atoms with Crippen LogP contribution in [0.4, 0.5) is 24.8 Å². The normalized spacial score (nSPS) is 19.1. The van der Waals surface area contributed by atoms with Crippen LogP contribution in [0.5, 0.6) is 5.75 Å². The third-order valence-corrected chi connectivity index (χ3v) is 6.28. The number of aryl methyl sites for hydroxylation is 1. The zero-order valence-electron chi connectivity index (χ0n) is 19.6. The lowest BCUT2D eigenvalue weighted by atomic mass is 10.0. The number of aromatic nitrogens is 3. The van der Waals surface area contributed by atoms with Crippen molar-refractivity contribution in [1.29, 1.82) is 0 Å². The van der Waals surface area contributed by atoms with Gasteiger partial charge >= 0.3 is 12.1 Å². The van der Waals surface area contributed by atoms with Gasteiger partial charge in [0.25, 0.3) is 5.82 Å². The quantitative estimate of drug-likeness (QED) is 0.502. The summed E-state index contributed by atoms with van der Waals surface area (Å²) in [6.07, 6.45) is -3.90. The average Bonchev–Trinajstić information content (AvgIpc) is 2.82. The topological polar surface area (TPSA) is 67.9 Å². The summed E-state index contributed by atoms with van der Waals surface area (Å²) in [5, 5.41) is 0. The van der Waals surface area contributed by atoms with Crippen LogP contribution in [-0.4, -0.2) is 51.0 Å². The SMILES string of the molecule is [C-]#[N+]c1ccc2c(n1)c(N1C[C@@H](CC)N(Cc3ccc(OC(F)(F)F)cc3)C[C@@H]1C)nc(=O)n2C. The van der Waals surface area contributed by atoms with E-state index in [0.717, 1.165) is 12.0 Å². The van der Waals surface area contributed by atoms with E-state index in [1.165, 1.54) is 16.7 Å². The molecule has 0 bridgehead atoms. The molecule has 35 heavy (non-hydrogen) atoms. The zero-order valence-corrected chi connectivity index (χ0v) is 19.6. The molecule has 184 valence electrons. The molecule has 2 aromatic heterocycles. The minimum Gasteiger partial charge on any atom is -0.406 e. The average molecular weight is 486 g/mol. The highest BCUT2D eigenvalue weighted by atomic mass is 19.4. The van der Waals surface area contributed by atoms with Crippen molar-refractivity contribution in [3.8, 4) is 5.75 Å². The molecule has 3 heterocycles. The van der Waals surface area contributed by atoms with Crippen LogP contribution < -0.4 is 15.3 Å². The minimum atomic E-state index is -4.72. The van der Waals surface area contributed by atoms with Crippen LogP contribution in [0.15, 0.2) is 41.2 Å². The number of piperazine rings is 1. The van der Waals surface area contributed by atoms with Crippen LogP contribution in [0.3, 0.4) is 0 Å². The molecule has 1 aliphatic rings. The Labute approximate surface area is 200 Å². The summed E-state index contributed by atoms with van der Waals surface area (Å²) in [6.45, 7) is 13.2. The van der Waals surface area contributed by atoms with Crippen LogP contribution in [0, 0.1) is 6.57 Å². The van der Waals surface area contributed by atoms with Crippen LogP contribution in [0.2, 0.25) is 0 Å². The number of hydrogen-bond acceptors (Lipinski definition) is 6. The highest BCUT2D eigenvalue weighted by Gasteiger charge is 2.34. The van der Waals surface area contributed by atoms with Crippen molar-refractivity contribution in [2.24, 2.45) is 7.05 Å². The van der Waals surface area contributed by atoms with Gasteiger partial charge in [-0.2, -0.15) is 4.98 Å². The molecule has 1 aromatic carbocycles. The predicted molar refractivity (Wildman–Crippen MR) is 125 cm³/mol. The lowest BCUT2D eigenvalue weighted by Crippen LogP contribution is -2.57. The third-order valence-electron chi connectivity index (χ3n) is 6.28. The van der Waals surface area contributed by atoms with E-state index < -0.39 is 12.1 Å². The van der Waals surface area contributed by atoms with Gasteiger partial charge in [0.05, 0.1) is 5.52 Å². The maximum Gasteiger partial charge on any atom is 0.573 e. The van der Waals surface area contributed by atoms with E-state index in [4.69, 9.17) is 6.57 Å². The van der Waals surface area contributed by atoms with Crippen LogP contribution >= 0.6 is 0 Å². The maximum atomic E-state index is 12.6. The smallest absolute Gasteiger partial charge is 0.406 e. The van der Waals surface area contributed by atoms with Gasteiger partial charge in [-0.15, -0.1) is 18.2 Å². The summed E-state index contributed by atoms with van der Waals surface area (Å²) in [7, 11) is 1.63. The van der Waals surface area contributed by atoms with Crippen LogP contribution in [0.25, 0.3) is 15.9 Å². The van der Waals surface area contributed by atoms with Crippen molar-refractivity contribution in [3.05, 3.63) is 63.9 Å². The van der Waals surface area contributed by atoms with Crippen LogP contribution in [-0.2, 0) is 13.6 Å². The molecule has 0 spiro atoms. The van der Waals surface area contributed by atoms with Gasteiger partial charge in [-0.05, 0) is 43.2 Å². The number of halogens is 3. The number of benzene rings is 1. The number of hydrogen-bond donors (Lipinski definition) is 0. The van der Waals surface area contributed by atoms with E-state index in [-0.39, 0.29) is 23.7 Å². The fraction of sp³-hybridized carbons (Fsp3) is 0.417. The molecule has 0 unspecified atom stereocenters. The molecule has 1 aliphatic heterocycles. The predicted octanol–water partition coefficient (Wildman–Crippen LogP) is 4.27. The number of ether oxygens (including phenoxy) is 1. The minimum absolute atomic E-state index is 0.0214. The van der Waals surface area contributed by atoms with Gasteiger partial charge in [0.2, 0.25) is 5.52 Å². The number of alkyl halides is 3. The van der Waals surface area contributed by atoms with Crippen molar-refractivity contribution >= 4 is 22.7 Å². The summed E-state index contributed by atoms with van der Waals surface area (Å²) >= 11 is 0. The first-order chi connectivity index (χ1) is 16.6. The van der Waals surface area contributed by atoms with E-state index in [0.29, 0.717) is 36.5 Å². The Kier molecular flexibility index (Phi) is 6.67. The summed E-state index contributed by atoms with van der Waals surface area (Å²) in [5.41, 5.74) is 1.60. The Morgan fingerprint density at radius 3 is 2.49 bits per heavy atom. The zero-order chi connectivity index (χ0) is 25.3. The monoisotopic (exact) mass is 486 g/mol. The lowest BCUT2D eigenvalue weighted by Gasteiger charge is -2.45. The van der Waals surface area contributed by atoms with Gasteiger partial charge < -0.3 is 14.5 Å². The molecule has 0 amide bonds. The Hall–Kier alpha value is -3.65. The Morgan fingerprint density at radius 2 is 1.86 bits per heavy atom.